The fourth-order valence-electron chi connectivity index (χ4n) is 5.01. The fraction of sp³-hybridized carbons (Fsp3) is 0.455. The standard InChI is InChI=1S/C22H25N3O5S/c1-29-18-6-4-16(5-7-18)9-21(26)24-13-19-10-20-22(14-24,30-19)15-25(31(20,27)28)12-17-3-2-8-23-11-17/h2-8,11,19-20H,9-10,12-15H2,1H3/t19-,20+,22+/m0/s1. The molecule has 1 aromatic carbocycles. The maximum atomic E-state index is 13.3. The molecule has 5 rings (SSSR count). The number of aromatic nitrogens is 1. The lowest BCUT2D eigenvalue weighted by Crippen LogP contribution is -2.56. The molecule has 2 aromatic rings. The van der Waals surface area contributed by atoms with E-state index in [9.17, 15) is 13.2 Å². The number of pyridine rings is 1. The Morgan fingerprint density at radius 1 is 1.23 bits per heavy atom. The van der Waals surface area contributed by atoms with Crippen LogP contribution in [0.5, 0.6) is 5.75 Å². The Hall–Kier alpha value is -2.49. The van der Waals surface area contributed by atoms with Crippen LogP contribution in [0.3, 0.4) is 0 Å². The van der Waals surface area contributed by atoms with E-state index in [-0.39, 0.29) is 31.5 Å². The number of benzene rings is 1. The molecule has 8 nitrogen and oxygen atoms in total. The van der Waals surface area contributed by atoms with Gasteiger partial charge in [-0.15, -0.1) is 0 Å². The summed E-state index contributed by atoms with van der Waals surface area (Å²) < 4.78 is 39.4. The summed E-state index contributed by atoms with van der Waals surface area (Å²) in [6.45, 7) is 1.26. The van der Waals surface area contributed by atoms with E-state index >= 15 is 0 Å². The summed E-state index contributed by atoms with van der Waals surface area (Å²) in [6.07, 6.45) is 3.79. The highest BCUT2D eigenvalue weighted by atomic mass is 32.2. The zero-order valence-corrected chi connectivity index (χ0v) is 18.1. The van der Waals surface area contributed by atoms with Crippen LogP contribution in [0.15, 0.2) is 48.8 Å². The summed E-state index contributed by atoms with van der Waals surface area (Å²) >= 11 is 0. The van der Waals surface area contributed by atoms with Gasteiger partial charge in [0.25, 0.3) is 0 Å². The van der Waals surface area contributed by atoms with Crippen molar-refractivity contribution in [3.05, 3.63) is 59.9 Å². The zero-order valence-electron chi connectivity index (χ0n) is 17.3. The molecule has 3 fully saturated rings. The Kier molecular flexibility index (Phi) is 4.99. The molecular weight excluding hydrogens is 418 g/mol. The van der Waals surface area contributed by atoms with Gasteiger partial charge in [-0.3, -0.25) is 9.78 Å². The number of carbonyl (C=O) groups is 1. The minimum Gasteiger partial charge on any atom is -0.497 e. The van der Waals surface area contributed by atoms with E-state index in [1.165, 1.54) is 4.31 Å². The molecule has 1 amide bonds. The average Bonchev–Trinajstić information content (AvgIpc) is 3.14. The molecule has 1 spiro atoms. The number of likely N-dealkylation sites (tertiary alicyclic amines) is 1. The summed E-state index contributed by atoms with van der Waals surface area (Å²) in [5, 5.41) is -0.611. The van der Waals surface area contributed by atoms with Crippen molar-refractivity contribution in [3.63, 3.8) is 0 Å². The van der Waals surface area contributed by atoms with Crippen molar-refractivity contribution in [2.45, 2.75) is 36.3 Å². The smallest absolute Gasteiger partial charge is 0.227 e. The van der Waals surface area contributed by atoms with Crippen molar-refractivity contribution in [1.82, 2.24) is 14.2 Å². The van der Waals surface area contributed by atoms with Crippen molar-refractivity contribution < 1.29 is 22.7 Å². The van der Waals surface area contributed by atoms with Crippen molar-refractivity contribution in [2.75, 3.05) is 26.7 Å². The largest absolute Gasteiger partial charge is 0.497 e. The first-order valence-corrected chi connectivity index (χ1v) is 11.9. The maximum Gasteiger partial charge on any atom is 0.227 e. The molecule has 3 aliphatic rings. The Morgan fingerprint density at radius 2 is 2.03 bits per heavy atom. The maximum absolute atomic E-state index is 13.3. The third-order valence-corrected chi connectivity index (χ3v) is 8.78. The lowest BCUT2D eigenvalue weighted by molar-refractivity contribution is -0.150. The van der Waals surface area contributed by atoms with Crippen molar-refractivity contribution in [2.24, 2.45) is 0 Å². The lowest BCUT2D eigenvalue weighted by Gasteiger charge is -2.39. The third kappa shape index (κ3) is 3.60. The monoisotopic (exact) mass is 443 g/mol. The highest BCUT2D eigenvalue weighted by Gasteiger charge is 2.65. The average molecular weight is 444 g/mol. The molecule has 0 saturated carbocycles. The number of rotatable bonds is 5. The SMILES string of the molecule is COc1ccc(CC(=O)N2C[C@@H]3C[C@@H]4[C@@](C2)(CN(Cc2cccnc2)S4(=O)=O)O3)cc1. The normalized spacial score (nSPS) is 29.0. The Morgan fingerprint density at radius 3 is 2.74 bits per heavy atom. The molecule has 31 heavy (non-hydrogen) atoms. The molecule has 3 saturated heterocycles. The van der Waals surface area contributed by atoms with Gasteiger partial charge in [-0.1, -0.05) is 18.2 Å². The predicted octanol–water partition coefficient (Wildman–Crippen LogP) is 1.22. The van der Waals surface area contributed by atoms with Crippen LogP contribution in [-0.2, 0) is 32.5 Å². The van der Waals surface area contributed by atoms with Crippen LogP contribution in [0.4, 0.5) is 0 Å². The molecule has 1 aromatic heterocycles. The van der Waals surface area contributed by atoms with Crippen LogP contribution in [-0.4, -0.2) is 72.2 Å². The topological polar surface area (TPSA) is 89.0 Å². The number of fused-ring (bicyclic) bond motifs is 1. The minimum absolute atomic E-state index is 0.0124. The van der Waals surface area contributed by atoms with Gasteiger partial charge in [0.1, 0.15) is 16.6 Å². The van der Waals surface area contributed by atoms with Gasteiger partial charge in [-0.2, -0.15) is 4.31 Å². The number of nitrogens with zero attached hydrogens (tertiary/aromatic N) is 3. The molecule has 0 radical (unpaired) electrons. The number of amides is 1. The summed E-state index contributed by atoms with van der Waals surface area (Å²) in [7, 11) is -1.91. The summed E-state index contributed by atoms with van der Waals surface area (Å²) in [5.74, 6) is 0.730. The molecule has 3 aliphatic heterocycles. The van der Waals surface area contributed by atoms with E-state index in [0.717, 1.165) is 16.9 Å². The second-order valence-corrected chi connectivity index (χ2v) is 10.6. The van der Waals surface area contributed by atoms with Crippen molar-refractivity contribution >= 4 is 15.9 Å². The van der Waals surface area contributed by atoms with Gasteiger partial charge in [-0.05, 0) is 35.7 Å². The van der Waals surface area contributed by atoms with E-state index in [1.54, 1.807) is 30.5 Å². The third-order valence-electron chi connectivity index (χ3n) is 6.46. The van der Waals surface area contributed by atoms with Crippen LogP contribution in [0.1, 0.15) is 17.5 Å². The second kappa shape index (κ2) is 7.58. The lowest BCUT2D eigenvalue weighted by atomic mass is 9.99. The van der Waals surface area contributed by atoms with Crippen LogP contribution >= 0.6 is 0 Å². The van der Waals surface area contributed by atoms with Gasteiger partial charge >= 0.3 is 0 Å². The second-order valence-electron chi connectivity index (χ2n) is 8.50. The quantitative estimate of drug-likeness (QED) is 0.690. The predicted molar refractivity (Wildman–Crippen MR) is 113 cm³/mol. The number of ether oxygens (including phenoxy) is 2. The number of sulfonamides is 1. The van der Waals surface area contributed by atoms with Crippen LogP contribution in [0.25, 0.3) is 0 Å². The van der Waals surface area contributed by atoms with E-state index in [1.807, 2.05) is 30.3 Å². The first-order chi connectivity index (χ1) is 14.9. The first kappa shape index (κ1) is 20.4. The van der Waals surface area contributed by atoms with Crippen molar-refractivity contribution in [1.29, 1.82) is 0 Å². The van der Waals surface area contributed by atoms with Gasteiger partial charge in [0.05, 0.1) is 26.2 Å². The summed E-state index contributed by atoms with van der Waals surface area (Å²) in [5.41, 5.74) is 0.873. The van der Waals surface area contributed by atoms with Crippen molar-refractivity contribution in [3.8, 4) is 5.75 Å². The van der Waals surface area contributed by atoms with E-state index in [0.29, 0.717) is 19.5 Å². The fourth-order valence-corrected chi connectivity index (χ4v) is 7.30. The number of hydrogen-bond acceptors (Lipinski definition) is 6. The molecule has 4 heterocycles. The van der Waals surface area contributed by atoms with E-state index in [4.69, 9.17) is 9.47 Å². The van der Waals surface area contributed by atoms with Crippen LogP contribution in [0, 0.1) is 0 Å². The highest BCUT2D eigenvalue weighted by Crippen LogP contribution is 2.47. The Balaban J connectivity index is 1.33. The van der Waals surface area contributed by atoms with Crippen LogP contribution < -0.4 is 4.74 Å². The Labute approximate surface area is 181 Å². The van der Waals surface area contributed by atoms with Gasteiger partial charge in [-0.25, -0.2) is 8.42 Å². The summed E-state index contributed by atoms with van der Waals surface area (Å²) in [4.78, 5) is 18.9. The van der Waals surface area contributed by atoms with Gasteiger partial charge in [0, 0.05) is 32.0 Å². The molecule has 0 N–H and O–H groups in total. The molecule has 164 valence electrons. The summed E-state index contributed by atoms with van der Waals surface area (Å²) in [6, 6.07) is 11.1. The van der Waals surface area contributed by atoms with Gasteiger partial charge < -0.3 is 14.4 Å². The van der Waals surface area contributed by atoms with Gasteiger partial charge in [0.2, 0.25) is 15.9 Å². The zero-order chi connectivity index (χ0) is 21.6. The molecular formula is C22H25N3O5S. The first-order valence-electron chi connectivity index (χ1n) is 10.4. The Bertz CT molecular complexity index is 1080. The number of methoxy groups -OCH3 is 1. The molecule has 0 aliphatic carbocycles. The highest BCUT2D eigenvalue weighted by molar-refractivity contribution is 7.90. The van der Waals surface area contributed by atoms with Gasteiger partial charge in [0.15, 0.2) is 0 Å². The van der Waals surface area contributed by atoms with E-state index < -0.39 is 20.9 Å². The van der Waals surface area contributed by atoms with E-state index in [2.05, 4.69) is 4.98 Å². The number of hydrogen-bond donors (Lipinski definition) is 0. The molecule has 0 unspecified atom stereocenters. The molecule has 3 atom stereocenters. The van der Waals surface area contributed by atoms with Crippen LogP contribution in [0.2, 0.25) is 0 Å². The minimum atomic E-state index is -3.51. The number of carbonyl (C=O) groups excluding carboxylic acids is 1. The molecule has 9 heteroatoms. The molecule has 2 bridgehead atoms. The number of morpholine rings is 1.